The van der Waals surface area contributed by atoms with Gasteiger partial charge in [0.25, 0.3) is 0 Å². The Balaban J connectivity index is 3.34. The van der Waals surface area contributed by atoms with Crippen molar-refractivity contribution in [2.24, 2.45) is 5.92 Å². The minimum Gasteiger partial charge on any atom is -0.266 e. The van der Waals surface area contributed by atoms with Gasteiger partial charge < -0.3 is 0 Å². The number of rotatable bonds is 4. The van der Waals surface area contributed by atoms with Gasteiger partial charge in [-0.15, -0.1) is 0 Å². The largest absolute Gasteiger partial charge is 0.266 e. The molecule has 0 heterocycles. The van der Waals surface area contributed by atoms with Crippen LogP contribution in [0.15, 0.2) is 0 Å². The second-order valence-electron chi connectivity index (χ2n) is 2.80. The summed E-state index contributed by atoms with van der Waals surface area (Å²) < 4.78 is 0. The van der Waals surface area contributed by atoms with Crippen LogP contribution in [0.4, 0.5) is 0 Å². The Bertz CT molecular complexity index is 75.1. The van der Waals surface area contributed by atoms with Crippen LogP contribution in [0.2, 0.25) is 0 Å². The molecule has 4 heteroatoms. The molecule has 0 spiro atoms. The maximum atomic E-state index is 8.20. The first-order valence-electron chi connectivity index (χ1n) is 3.37. The second-order valence-corrected chi connectivity index (χ2v) is 2.80. The van der Waals surface area contributed by atoms with E-state index < -0.39 is 0 Å². The van der Waals surface area contributed by atoms with Gasteiger partial charge in [0.15, 0.2) is 0 Å². The molecule has 2 N–H and O–H groups in total. The molecule has 0 aromatic carbocycles. The minimum absolute atomic E-state index is 0.157. The standard InChI is InChI=1S/C6H15NO3/c1-5(2)4-6(3)10-7(8)9/h5-6,8-9H,4H2,1-3H3/t6-/m0/s1. The van der Waals surface area contributed by atoms with Crippen LogP contribution in [-0.2, 0) is 4.84 Å². The predicted molar refractivity (Wildman–Crippen MR) is 35.4 cm³/mol. The van der Waals surface area contributed by atoms with Crippen LogP contribution in [0.1, 0.15) is 27.2 Å². The SMILES string of the molecule is CC(C)C[C@H](C)ON(O)O. The maximum Gasteiger partial charge on any atom is 0.0818 e. The summed E-state index contributed by atoms with van der Waals surface area (Å²) in [7, 11) is 0. The van der Waals surface area contributed by atoms with Crippen molar-refractivity contribution in [3.05, 3.63) is 0 Å². The highest BCUT2D eigenvalue weighted by molar-refractivity contribution is 4.51. The van der Waals surface area contributed by atoms with Crippen LogP contribution in [0, 0.1) is 5.92 Å². The van der Waals surface area contributed by atoms with Crippen molar-refractivity contribution < 1.29 is 15.3 Å². The lowest BCUT2D eigenvalue weighted by atomic mass is 10.1. The first kappa shape index (κ1) is 9.84. The molecule has 0 fully saturated rings. The average Bonchev–Trinajstić information content (AvgIpc) is 1.58. The van der Waals surface area contributed by atoms with Crippen molar-refractivity contribution in [2.75, 3.05) is 0 Å². The molecule has 10 heavy (non-hydrogen) atoms. The van der Waals surface area contributed by atoms with Crippen molar-refractivity contribution in [3.63, 3.8) is 0 Å². The van der Waals surface area contributed by atoms with Crippen LogP contribution in [0.25, 0.3) is 0 Å². The Labute approximate surface area is 60.9 Å². The molecule has 0 aliphatic carbocycles. The zero-order valence-electron chi connectivity index (χ0n) is 6.61. The van der Waals surface area contributed by atoms with Gasteiger partial charge in [-0.25, -0.2) is 4.84 Å². The molecule has 0 rings (SSSR count). The van der Waals surface area contributed by atoms with E-state index in [2.05, 4.69) is 4.84 Å². The molecule has 0 aliphatic heterocycles. The van der Waals surface area contributed by atoms with Crippen LogP contribution in [0.5, 0.6) is 0 Å². The molecule has 0 bridgehead atoms. The quantitative estimate of drug-likeness (QED) is 0.594. The summed E-state index contributed by atoms with van der Waals surface area (Å²) >= 11 is 0. The fraction of sp³-hybridized carbons (Fsp3) is 1.00. The van der Waals surface area contributed by atoms with Crippen LogP contribution < -0.4 is 0 Å². The van der Waals surface area contributed by atoms with Gasteiger partial charge in [-0.1, -0.05) is 13.8 Å². The molecule has 0 saturated heterocycles. The summed E-state index contributed by atoms with van der Waals surface area (Å²) in [5.74, 6) is 0.495. The first-order chi connectivity index (χ1) is 4.52. The summed E-state index contributed by atoms with van der Waals surface area (Å²) in [6.07, 6.45) is 0.646. The molecular weight excluding hydrogens is 134 g/mol. The van der Waals surface area contributed by atoms with Crippen molar-refractivity contribution >= 4 is 0 Å². The summed E-state index contributed by atoms with van der Waals surface area (Å²) in [4.78, 5) is 4.51. The highest BCUT2D eigenvalue weighted by atomic mass is 17.1. The Hall–Kier alpha value is -0.160. The third kappa shape index (κ3) is 5.97. The zero-order chi connectivity index (χ0) is 8.15. The second kappa shape index (κ2) is 4.62. The zero-order valence-corrected chi connectivity index (χ0v) is 6.61. The Morgan fingerprint density at radius 2 is 1.80 bits per heavy atom. The third-order valence-corrected chi connectivity index (χ3v) is 1.08. The summed E-state index contributed by atoms with van der Waals surface area (Å²) in [5, 5.41) is 16.2. The van der Waals surface area contributed by atoms with Gasteiger partial charge in [0.05, 0.1) is 11.5 Å². The topological polar surface area (TPSA) is 52.9 Å². The molecule has 0 saturated carbocycles. The molecule has 0 unspecified atom stereocenters. The highest BCUT2D eigenvalue weighted by Crippen LogP contribution is 2.07. The number of hydrogen-bond acceptors (Lipinski definition) is 4. The van der Waals surface area contributed by atoms with E-state index >= 15 is 0 Å². The lowest BCUT2D eigenvalue weighted by molar-refractivity contribution is -0.504. The maximum absolute atomic E-state index is 8.20. The number of nitrogens with zero attached hydrogens (tertiary/aromatic N) is 1. The lowest BCUT2D eigenvalue weighted by Gasteiger charge is -2.15. The van der Waals surface area contributed by atoms with Crippen molar-refractivity contribution in [1.82, 2.24) is 5.39 Å². The molecule has 62 valence electrons. The fourth-order valence-corrected chi connectivity index (χ4v) is 0.868. The Morgan fingerprint density at radius 3 is 2.10 bits per heavy atom. The number of hydrogen-bond donors (Lipinski definition) is 2. The van der Waals surface area contributed by atoms with Crippen molar-refractivity contribution in [1.29, 1.82) is 0 Å². The Kier molecular flexibility index (Phi) is 4.55. The van der Waals surface area contributed by atoms with E-state index in [4.69, 9.17) is 10.4 Å². The summed E-state index contributed by atoms with van der Waals surface area (Å²) in [6, 6.07) is 0. The average molecular weight is 149 g/mol. The summed E-state index contributed by atoms with van der Waals surface area (Å²) in [6.45, 7) is 5.86. The molecule has 1 atom stereocenters. The van der Waals surface area contributed by atoms with Gasteiger partial charge in [0.2, 0.25) is 0 Å². The summed E-state index contributed by atoms with van der Waals surface area (Å²) in [5.41, 5.74) is 0. The molecule has 0 radical (unpaired) electrons. The van der Waals surface area contributed by atoms with E-state index in [0.717, 1.165) is 6.42 Å². The van der Waals surface area contributed by atoms with Gasteiger partial charge in [0, 0.05) is 0 Å². The van der Waals surface area contributed by atoms with E-state index in [1.807, 2.05) is 13.8 Å². The Morgan fingerprint density at radius 1 is 1.30 bits per heavy atom. The van der Waals surface area contributed by atoms with Gasteiger partial charge in [-0.05, 0) is 19.3 Å². The van der Waals surface area contributed by atoms with Crippen LogP contribution >= 0.6 is 0 Å². The van der Waals surface area contributed by atoms with Gasteiger partial charge in [0.1, 0.15) is 0 Å². The normalized spacial score (nSPS) is 14.7. The monoisotopic (exact) mass is 149 g/mol. The predicted octanol–water partition coefficient (Wildman–Crippen LogP) is 1.43. The molecular formula is C6H15NO3. The molecule has 0 aliphatic rings. The van der Waals surface area contributed by atoms with Gasteiger partial charge in [-0.2, -0.15) is 0 Å². The molecule has 4 nitrogen and oxygen atoms in total. The van der Waals surface area contributed by atoms with Crippen molar-refractivity contribution in [3.8, 4) is 0 Å². The smallest absolute Gasteiger partial charge is 0.0818 e. The van der Waals surface area contributed by atoms with E-state index in [0.29, 0.717) is 5.92 Å². The molecule has 0 aromatic rings. The highest BCUT2D eigenvalue weighted by Gasteiger charge is 2.07. The van der Waals surface area contributed by atoms with E-state index in [9.17, 15) is 0 Å². The van der Waals surface area contributed by atoms with Crippen LogP contribution in [-0.4, -0.2) is 21.9 Å². The fourth-order valence-electron chi connectivity index (χ4n) is 0.868. The van der Waals surface area contributed by atoms with Crippen molar-refractivity contribution in [2.45, 2.75) is 33.3 Å². The molecule has 0 amide bonds. The third-order valence-electron chi connectivity index (χ3n) is 1.08. The van der Waals surface area contributed by atoms with E-state index in [1.54, 1.807) is 6.92 Å². The van der Waals surface area contributed by atoms with E-state index in [1.165, 1.54) is 0 Å². The van der Waals surface area contributed by atoms with Gasteiger partial charge in [-0.3, -0.25) is 10.4 Å². The van der Waals surface area contributed by atoms with Crippen LogP contribution in [0.3, 0.4) is 0 Å². The lowest BCUT2D eigenvalue weighted by Crippen LogP contribution is -2.22. The minimum atomic E-state index is -0.243. The molecule has 0 aromatic heterocycles. The van der Waals surface area contributed by atoms with E-state index in [-0.39, 0.29) is 11.5 Å². The van der Waals surface area contributed by atoms with Gasteiger partial charge >= 0.3 is 0 Å². The first-order valence-corrected chi connectivity index (χ1v) is 3.37.